The highest BCUT2D eigenvalue weighted by molar-refractivity contribution is 6.25. The van der Waals surface area contributed by atoms with E-state index in [1.807, 2.05) is 0 Å². The molecular weight excluding hydrogens is 837 g/mol. The fourth-order valence-electron chi connectivity index (χ4n) is 11.2. The van der Waals surface area contributed by atoms with Crippen LogP contribution in [0.4, 0.5) is 0 Å². The van der Waals surface area contributed by atoms with E-state index < -0.39 is 0 Å². The zero-order valence-corrected chi connectivity index (χ0v) is 37.6. The van der Waals surface area contributed by atoms with E-state index in [0.717, 1.165) is 105 Å². The predicted octanol–water partition coefficient (Wildman–Crippen LogP) is 17.6. The number of hydrogen-bond acceptors (Lipinski definition) is 2. The van der Waals surface area contributed by atoms with Gasteiger partial charge in [0.2, 0.25) is 0 Å². The van der Waals surface area contributed by atoms with Crippen molar-refractivity contribution in [2.75, 3.05) is 0 Å². The number of furan rings is 1. The third kappa shape index (κ3) is 6.25. The minimum atomic E-state index is 0.137. The maximum Gasteiger partial charge on any atom is 0.145 e. The monoisotopic (exact) mass is 878 g/mol. The van der Waals surface area contributed by atoms with Crippen LogP contribution in [0.15, 0.2) is 253 Å². The predicted molar refractivity (Wildman–Crippen MR) is 286 cm³/mol. The zero-order chi connectivity index (χ0) is 45.4. The van der Waals surface area contributed by atoms with E-state index in [9.17, 15) is 0 Å². The Labute approximate surface area is 399 Å². The molecule has 3 nitrogen and oxygen atoms in total. The van der Waals surface area contributed by atoms with Crippen LogP contribution in [0.3, 0.4) is 0 Å². The Morgan fingerprint density at radius 2 is 0.899 bits per heavy atom. The standard InChI is InChI=1S/C66H42N2O/c1-6-20-42(21-7-1)47-38-57(45-26-12-4-13-27-45)67-58(39-47)62-55(43-22-8-2-9-23-43)40-48(41-56(62)44-24-10-3-11-25-44)68-59-33-19-18-32-53(59)64-60(68)37-36-52-51-34-35-54-61(46-28-14-5-15-29-46)49-30-16-17-31-50(49)63(54)65(51)69-66(52)64/h1-41,61H. The maximum absolute atomic E-state index is 7.34. The molecule has 0 amide bonds. The van der Waals surface area contributed by atoms with Gasteiger partial charge in [-0.05, 0) is 98.1 Å². The Morgan fingerprint density at radius 1 is 0.348 bits per heavy atom. The van der Waals surface area contributed by atoms with Crippen molar-refractivity contribution < 1.29 is 4.42 Å². The first kappa shape index (κ1) is 39.1. The number of aromatic nitrogens is 2. The molecule has 3 heteroatoms. The van der Waals surface area contributed by atoms with E-state index >= 15 is 0 Å². The highest BCUT2D eigenvalue weighted by atomic mass is 16.3. The first-order valence-electron chi connectivity index (χ1n) is 23.7. The summed E-state index contributed by atoms with van der Waals surface area (Å²) in [5.74, 6) is 0.137. The smallest absolute Gasteiger partial charge is 0.145 e. The van der Waals surface area contributed by atoms with Crippen LogP contribution >= 0.6 is 0 Å². The SMILES string of the molecule is c1ccc(-c2cc(-c3ccccc3)nc(-c3c(-c4ccccc4)cc(-n4c5ccccc5c5c6oc7c8c(ccc7c6ccc54)C(c4ccccc4)c4ccccc4-8)cc3-c3ccccc3)c2)cc1. The molecule has 13 aromatic rings. The van der Waals surface area contributed by atoms with Gasteiger partial charge in [0.15, 0.2) is 0 Å². The summed E-state index contributed by atoms with van der Waals surface area (Å²) >= 11 is 0. The van der Waals surface area contributed by atoms with Crippen LogP contribution in [0.1, 0.15) is 22.6 Å². The summed E-state index contributed by atoms with van der Waals surface area (Å²) in [6.07, 6.45) is 0. The fourth-order valence-corrected chi connectivity index (χ4v) is 11.2. The van der Waals surface area contributed by atoms with E-state index in [1.54, 1.807) is 0 Å². The summed E-state index contributed by atoms with van der Waals surface area (Å²) in [5.41, 5.74) is 22.1. The molecule has 14 rings (SSSR count). The summed E-state index contributed by atoms with van der Waals surface area (Å²) in [6.45, 7) is 0. The lowest BCUT2D eigenvalue weighted by Crippen LogP contribution is -2.00. The number of pyridine rings is 1. The Kier molecular flexibility index (Phi) is 8.96. The Balaban J connectivity index is 1.05. The lowest BCUT2D eigenvalue weighted by atomic mass is 9.87. The van der Waals surface area contributed by atoms with Crippen molar-refractivity contribution in [3.63, 3.8) is 0 Å². The van der Waals surface area contributed by atoms with E-state index in [0.29, 0.717) is 0 Å². The third-order valence-electron chi connectivity index (χ3n) is 14.3. The topological polar surface area (TPSA) is 31.0 Å². The zero-order valence-electron chi connectivity index (χ0n) is 37.6. The number of rotatable bonds is 7. The number of fused-ring (bicyclic) bond motifs is 11. The molecule has 1 aliphatic rings. The van der Waals surface area contributed by atoms with Gasteiger partial charge in [-0.15, -0.1) is 0 Å². The quantitative estimate of drug-likeness (QED) is 0.160. The summed E-state index contributed by atoms with van der Waals surface area (Å²) in [5, 5.41) is 4.50. The van der Waals surface area contributed by atoms with Crippen LogP contribution in [-0.2, 0) is 0 Å². The molecule has 0 spiro atoms. The highest BCUT2D eigenvalue weighted by Gasteiger charge is 2.33. The van der Waals surface area contributed by atoms with Crippen molar-refractivity contribution in [1.82, 2.24) is 9.55 Å². The number of benzene rings is 10. The minimum Gasteiger partial charge on any atom is -0.455 e. The molecular formula is C66H42N2O. The molecule has 1 aliphatic carbocycles. The second-order valence-electron chi connectivity index (χ2n) is 18.1. The molecule has 0 fully saturated rings. The Morgan fingerprint density at radius 3 is 1.59 bits per heavy atom. The summed E-state index contributed by atoms with van der Waals surface area (Å²) < 4.78 is 9.78. The molecule has 0 N–H and O–H groups in total. The number of para-hydroxylation sites is 1. The molecule has 0 aliphatic heterocycles. The lowest BCUT2D eigenvalue weighted by Gasteiger charge is -2.21. The molecule has 3 aromatic heterocycles. The number of hydrogen-bond donors (Lipinski definition) is 0. The van der Waals surface area contributed by atoms with Crippen LogP contribution in [0, 0.1) is 0 Å². The Hall–Kier alpha value is -9.05. The summed E-state index contributed by atoms with van der Waals surface area (Å²) in [6, 6.07) is 89.7. The molecule has 0 radical (unpaired) electrons. The van der Waals surface area contributed by atoms with Gasteiger partial charge in [0.25, 0.3) is 0 Å². The van der Waals surface area contributed by atoms with Gasteiger partial charge in [0.05, 0.1) is 27.8 Å². The van der Waals surface area contributed by atoms with Crippen LogP contribution in [0.5, 0.6) is 0 Å². The largest absolute Gasteiger partial charge is 0.455 e. The van der Waals surface area contributed by atoms with Crippen molar-refractivity contribution in [2.45, 2.75) is 5.92 Å². The fraction of sp³-hybridized carbons (Fsp3) is 0.0152. The van der Waals surface area contributed by atoms with Gasteiger partial charge in [-0.3, -0.25) is 0 Å². The van der Waals surface area contributed by atoms with Gasteiger partial charge in [-0.25, -0.2) is 4.98 Å². The highest BCUT2D eigenvalue weighted by Crippen LogP contribution is 2.53. The first-order chi connectivity index (χ1) is 34.2. The van der Waals surface area contributed by atoms with Gasteiger partial charge < -0.3 is 8.98 Å². The first-order valence-corrected chi connectivity index (χ1v) is 23.7. The van der Waals surface area contributed by atoms with Crippen LogP contribution in [0.25, 0.3) is 116 Å². The summed E-state index contributed by atoms with van der Waals surface area (Å²) in [7, 11) is 0. The molecule has 69 heavy (non-hydrogen) atoms. The second-order valence-corrected chi connectivity index (χ2v) is 18.1. The van der Waals surface area contributed by atoms with Gasteiger partial charge in [-0.1, -0.05) is 206 Å². The van der Waals surface area contributed by atoms with E-state index in [-0.39, 0.29) is 5.92 Å². The average Bonchev–Trinajstić information content (AvgIpc) is 4.09. The molecule has 3 heterocycles. The molecule has 0 bridgehead atoms. The van der Waals surface area contributed by atoms with Crippen molar-refractivity contribution in [2.24, 2.45) is 0 Å². The van der Waals surface area contributed by atoms with Crippen molar-refractivity contribution in [3.8, 4) is 72.7 Å². The van der Waals surface area contributed by atoms with Crippen LogP contribution < -0.4 is 0 Å². The van der Waals surface area contributed by atoms with Gasteiger partial charge in [0.1, 0.15) is 11.2 Å². The molecule has 1 atom stereocenters. The van der Waals surface area contributed by atoms with Crippen LogP contribution in [0.2, 0.25) is 0 Å². The molecule has 1 unspecified atom stereocenters. The summed E-state index contributed by atoms with van der Waals surface area (Å²) in [4.78, 5) is 5.56. The van der Waals surface area contributed by atoms with Crippen molar-refractivity contribution in [1.29, 1.82) is 0 Å². The minimum absolute atomic E-state index is 0.137. The maximum atomic E-state index is 7.34. The van der Waals surface area contributed by atoms with Gasteiger partial charge in [-0.2, -0.15) is 0 Å². The molecule has 0 saturated heterocycles. The van der Waals surface area contributed by atoms with E-state index in [2.05, 4.69) is 253 Å². The van der Waals surface area contributed by atoms with Crippen LogP contribution in [-0.4, -0.2) is 9.55 Å². The van der Waals surface area contributed by atoms with Crippen molar-refractivity contribution in [3.05, 3.63) is 265 Å². The molecule has 0 saturated carbocycles. The van der Waals surface area contributed by atoms with Crippen molar-refractivity contribution >= 4 is 43.7 Å². The lowest BCUT2D eigenvalue weighted by molar-refractivity contribution is 0.673. The van der Waals surface area contributed by atoms with Gasteiger partial charge in [0, 0.05) is 44.5 Å². The Bertz CT molecular complexity index is 3980. The number of nitrogens with zero attached hydrogens (tertiary/aromatic N) is 2. The third-order valence-corrected chi connectivity index (χ3v) is 14.3. The second kappa shape index (κ2) is 15.8. The normalized spacial score (nSPS) is 13.1. The van der Waals surface area contributed by atoms with E-state index in [1.165, 1.54) is 27.8 Å². The molecule has 10 aromatic carbocycles. The average molecular weight is 879 g/mol. The molecule has 322 valence electrons. The van der Waals surface area contributed by atoms with Gasteiger partial charge >= 0.3 is 0 Å². The van der Waals surface area contributed by atoms with E-state index in [4.69, 9.17) is 9.40 Å².